The smallest absolute Gasteiger partial charge is 0.276 e. The van der Waals surface area contributed by atoms with E-state index in [1.54, 1.807) is 17.2 Å². The molecule has 2 aromatic rings. The van der Waals surface area contributed by atoms with Gasteiger partial charge in [-0.25, -0.2) is 4.98 Å². The minimum Gasteiger partial charge on any atom is -0.385 e. The number of imidazole rings is 1. The van der Waals surface area contributed by atoms with E-state index in [1.807, 2.05) is 17.8 Å². The lowest BCUT2D eigenvalue weighted by Gasteiger charge is -2.33. The van der Waals surface area contributed by atoms with Crippen LogP contribution in [0.2, 0.25) is 0 Å². The number of nitrogens with zero attached hydrogens (tertiary/aromatic N) is 4. The second kappa shape index (κ2) is 7.17. The lowest BCUT2D eigenvalue weighted by molar-refractivity contribution is 0.0414. The number of aliphatic hydroxyl groups excluding tert-OH is 1. The number of rotatable bonds is 5. The summed E-state index contributed by atoms with van der Waals surface area (Å²) < 4.78 is 7.03. The van der Waals surface area contributed by atoms with E-state index in [0.29, 0.717) is 24.6 Å². The van der Waals surface area contributed by atoms with Crippen molar-refractivity contribution in [1.82, 2.24) is 19.6 Å². The Labute approximate surface area is 141 Å². The Bertz CT molecular complexity index is 686. The molecular formula is C17H24N4O3. The van der Waals surface area contributed by atoms with Crippen molar-refractivity contribution in [2.75, 3.05) is 13.1 Å². The standard InChI is InChI=1S/C17H24N4O3/c1-3-4-13-11-14(19-24-13)17(23)21-8-5-12(6-9-21)15(22)16-18-7-10-20(16)2/h7,10-12,15,22H,3-6,8-9H2,1-2H3. The van der Waals surface area contributed by atoms with Crippen molar-refractivity contribution >= 4 is 5.91 Å². The number of carbonyl (C=O) groups excluding carboxylic acids is 1. The summed E-state index contributed by atoms with van der Waals surface area (Å²) in [6.45, 7) is 3.28. The minimum atomic E-state index is -0.592. The van der Waals surface area contributed by atoms with Gasteiger partial charge in [-0.1, -0.05) is 12.1 Å². The monoisotopic (exact) mass is 332 g/mol. The summed E-state index contributed by atoms with van der Waals surface area (Å²) in [7, 11) is 1.88. The van der Waals surface area contributed by atoms with Crippen LogP contribution < -0.4 is 0 Å². The predicted octanol–water partition coefficient (Wildman–Crippen LogP) is 1.95. The molecule has 24 heavy (non-hydrogen) atoms. The van der Waals surface area contributed by atoms with Crippen molar-refractivity contribution in [2.24, 2.45) is 13.0 Å². The van der Waals surface area contributed by atoms with Crippen LogP contribution in [0.4, 0.5) is 0 Å². The third-order valence-corrected chi connectivity index (χ3v) is 4.67. The molecule has 3 rings (SSSR count). The van der Waals surface area contributed by atoms with Gasteiger partial charge in [-0.3, -0.25) is 4.79 Å². The van der Waals surface area contributed by atoms with Gasteiger partial charge in [0.05, 0.1) is 0 Å². The highest BCUT2D eigenvalue weighted by molar-refractivity contribution is 5.92. The van der Waals surface area contributed by atoms with Crippen molar-refractivity contribution in [3.05, 3.63) is 35.7 Å². The van der Waals surface area contributed by atoms with Crippen LogP contribution in [0.1, 0.15) is 54.4 Å². The lowest BCUT2D eigenvalue weighted by Crippen LogP contribution is -2.40. The fraction of sp³-hybridized carbons (Fsp3) is 0.588. The summed E-state index contributed by atoms with van der Waals surface area (Å²) in [5.74, 6) is 1.45. The summed E-state index contributed by atoms with van der Waals surface area (Å²) in [5, 5.41) is 14.4. The first kappa shape index (κ1) is 16.7. The van der Waals surface area contributed by atoms with Gasteiger partial charge in [0.2, 0.25) is 0 Å². The molecule has 1 saturated heterocycles. The van der Waals surface area contributed by atoms with Crippen LogP contribution in [-0.4, -0.2) is 43.7 Å². The zero-order valence-electron chi connectivity index (χ0n) is 14.2. The van der Waals surface area contributed by atoms with E-state index >= 15 is 0 Å². The number of hydrogen-bond acceptors (Lipinski definition) is 5. The molecule has 1 aliphatic rings. The maximum Gasteiger partial charge on any atom is 0.276 e. The second-order valence-corrected chi connectivity index (χ2v) is 6.40. The first-order valence-electron chi connectivity index (χ1n) is 8.50. The zero-order valence-corrected chi connectivity index (χ0v) is 14.2. The first-order chi connectivity index (χ1) is 11.6. The van der Waals surface area contributed by atoms with Gasteiger partial charge in [-0.2, -0.15) is 0 Å². The Hall–Kier alpha value is -2.15. The molecule has 1 aliphatic heterocycles. The van der Waals surface area contributed by atoms with Crippen LogP contribution >= 0.6 is 0 Å². The fourth-order valence-corrected chi connectivity index (χ4v) is 3.23. The van der Waals surface area contributed by atoms with Crippen LogP contribution in [0.3, 0.4) is 0 Å². The van der Waals surface area contributed by atoms with E-state index in [1.165, 1.54) is 0 Å². The van der Waals surface area contributed by atoms with E-state index in [2.05, 4.69) is 17.1 Å². The van der Waals surface area contributed by atoms with Crippen molar-refractivity contribution in [3.63, 3.8) is 0 Å². The van der Waals surface area contributed by atoms with Gasteiger partial charge in [0.25, 0.3) is 5.91 Å². The second-order valence-electron chi connectivity index (χ2n) is 6.40. The Morgan fingerprint density at radius 1 is 1.46 bits per heavy atom. The van der Waals surface area contributed by atoms with Crippen molar-refractivity contribution in [3.8, 4) is 0 Å². The minimum absolute atomic E-state index is 0.0916. The maximum absolute atomic E-state index is 12.5. The first-order valence-corrected chi connectivity index (χ1v) is 8.50. The zero-order chi connectivity index (χ0) is 17.1. The molecule has 1 atom stereocenters. The van der Waals surface area contributed by atoms with Crippen LogP contribution in [0, 0.1) is 5.92 Å². The number of carbonyl (C=O) groups is 1. The van der Waals surface area contributed by atoms with Crippen molar-refractivity contribution < 1.29 is 14.4 Å². The van der Waals surface area contributed by atoms with Crippen molar-refractivity contribution in [1.29, 1.82) is 0 Å². The number of amides is 1. The predicted molar refractivity (Wildman–Crippen MR) is 87.3 cm³/mol. The molecule has 0 bridgehead atoms. The molecule has 3 heterocycles. The van der Waals surface area contributed by atoms with Crippen LogP contribution in [0.15, 0.2) is 23.0 Å². The van der Waals surface area contributed by atoms with Gasteiger partial charge in [0.15, 0.2) is 5.69 Å². The largest absolute Gasteiger partial charge is 0.385 e. The fourth-order valence-electron chi connectivity index (χ4n) is 3.23. The summed E-state index contributed by atoms with van der Waals surface area (Å²) in [6, 6.07) is 1.74. The molecule has 0 radical (unpaired) electrons. The number of aryl methyl sites for hydroxylation is 2. The van der Waals surface area contributed by atoms with E-state index in [-0.39, 0.29) is 11.8 Å². The van der Waals surface area contributed by atoms with E-state index in [0.717, 1.165) is 31.4 Å². The molecule has 0 spiro atoms. The van der Waals surface area contributed by atoms with Crippen LogP contribution in [0.25, 0.3) is 0 Å². The Morgan fingerprint density at radius 3 is 2.83 bits per heavy atom. The average Bonchev–Trinajstić information content (AvgIpc) is 3.23. The van der Waals surface area contributed by atoms with Gasteiger partial charge in [0, 0.05) is 45.0 Å². The number of hydrogen-bond donors (Lipinski definition) is 1. The average molecular weight is 332 g/mol. The third-order valence-electron chi connectivity index (χ3n) is 4.67. The summed E-state index contributed by atoms with van der Waals surface area (Å²) in [5.41, 5.74) is 0.376. The molecule has 130 valence electrons. The van der Waals surface area contributed by atoms with Gasteiger partial charge < -0.3 is 19.1 Å². The van der Waals surface area contributed by atoms with Crippen LogP contribution in [-0.2, 0) is 13.5 Å². The van der Waals surface area contributed by atoms with Gasteiger partial charge in [-0.15, -0.1) is 0 Å². The van der Waals surface area contributed by atoms with E-state index in [4.69, 9.17) is 4.52 Å². The molecule has 7 nitrogen and oxygen atoms in total. The molecule has 1 fully saturated rings. The maximum atomic E-state index is 12.5. The number of aliphatic hydroxyl groups is 1. The molecule has 0 aromatic carbocycles. The molecule has 1 amide bonds. The molecule has 0 saturated carbocycles. The number of likely N-dealkylation sites (tertiary alicyclic amines) is 1. The Morgan fingerprint density at radius 2 is 2.21 bits per heavy atom. The summed E-state index contributed by atoms with van der Waals surface area (Å²) in [4.78, 5) is 18.5. The highest BCUT2D eigenvalue weighted by atomic mass is 16.5. The van der Waals surface area contributed by atoms with Gasteiger partial charge >= 0.3 is 0 Å². The highest BCUT2D eigenvalue weighted by Crippen LogP contribution is 2.30. The molecule has 2 aromatic heterocycles. The summed E-state index contributed by atoms with van der Waals surface area (Å²) in [6.07, 6.45) is 6.17. The number of piperidine rings is 1. The molecule has 1 unspecified atom stereocenters. The quantitative estimate of drug-likeness (QED) is 0.904. The van der Waals surface area contributed by atoms with Crippen molar-refractivity contribution in [2.45, 2.75) is 38.7 Å². The van der Waals surface area contributed by atoms with Gasteiger partial charge in [-0.05, 0) is 25.2 Å². The molecular weight excluding hydrogens is 308 g/mol. The van der Waals surface area contributed by atoms with E-state index in [9.17, 15) is 9.90 Å². The number of aromatic nitrogens is 3. The molecule has 1 N–H and O–H groups in total. The molecule has 7 heteroatoms. The normalized spacial score (nSPS) is 17.2. The Balaban J connectivity index is 1.58. The lowest BCUT2D eigenvalue weighted by atomic mass is 9.90. The van der Waals surface area contributed by atoms with Crippen LogP contribution in [0.5, 0.6) is 0 Å². The summed E-state index contributed by atoms with van der Waals surface area (Å²) >= 11 is 0. The molecule has 0 aliphatic carbocycles. The highest BCUT2D eigenvalue weighted by Gasteiger charge is 2.31. The Kier molecular flexibility index (Phi) is 4.99. The van der Waals surface area contributed by atoms with Gasteiger partial charge in [0.1, 0.15) is 17.7 Å². The third kappa shape index (κ3) is 3.36. The topological polar surface area (TPSA) is 84.4 Å². The van der Waals surface area contributed by atoms with E-state index < -0.39 is 6.10 Å². The SMILES string of the molecule is CCCc1cc(C(=O)N2CCC(C(O)c3nccn3C)CC2)no1.